The molecule has 2 saturated heterocycles. The van der Waals surface area contributed by atoms with E-state index in [0.29, 0.717) is 23.6 Å². The number of piperazine rings is 1. The van der Waals surface area contributed by atoms with E-state index in [1.165, 1.54) is 35.5 Å². The second-order valence-corrected chi connectivity index (χ2v) is 12.6. The molecule has 5 rings (SSSR count). The van der Waals surface area contributed by atoms with Crippen LogP contribution in [-0.2, 0) is 19.2 Å². The Balaban J connectivity index is 1.21. The van der Waals surface area contributed by atoms with E-state index in [1.807, 2.05) is 29.2 Å². The molecule has 0 aliphatic carbocycles. The van der Waals surface area contributed by atoms with Gasteiger partial charge in [0.2, 0.25) is 12.4 Å². The van der Waals surface area contributed by atoms with E-state index in [2.05, 4.69) is 25.4 Å². The van der Waals surface area contributed by atoms with Crippen molar-refractivity contribution in [3.05, 3.63) is 46.9 Å². The van der Waals surface area contributed by atoms with Crippen LogP contribution >= 0.6 is 34.9 Å². The number of nitrogens with one attached hydrogen (secondary N) is 1. The Bertz CT molecular complexity index is 1390. The summed E-state index contributed by atoms with van der Waals surface area (Å²) in [7, 11) is 1.28. The van der Waals surface area contributed by atoms with Gasteiger partial charge in [0.1, 0.15) is 24.2 Å². The molecule has 0 radical (unpaired) electrons. The Morgan fingerprint density at radius 3 is 2.67 bits per heavy atom. The van der Waals surface area contributed by atoms with Gasteiger partial charge in [-0.15, -0.1) is 34.9 Å². The molecule has 2 atom stereocenters. The number of hydrogen-bond donors (Lipinski definition) is 3. The zero-order valence-corrected chi connectivity index (χ0v) is 25.1. The molecule has 3 aliphatic rings. The number of aliphatic hydroxyl groups is 1. The number of thiazole rings is 1. The average Bonchev–Trinajstić information content (AvgIpc) is 3.43. The number of β-amino-alcohol motifs (C(OH)–C–C–N with tert-alkyl or cyclic N) is 1. The molecule has 2 fully saturated rings. The summed E-state index contributed by atoms with van der Waals surface area (Å²) in [5, 5.41) is 31.1. The Morgan fingerprint density at radius 1 is 1.31 bits per heavy atom. The third kappa shape index (κ3) is 6.34. The highest BCUT2D eigenvalue weighted by atomic mass is 32.2. The van der Waals surface area contributed by atoms with Gasteiger partial charge < -0.3 is 30.9 Å². The first-order valence-corrected chi connectivity index (χ1v) is 16.0. The summed E-state index contributed by atoms with van der Waals surface area (Å²) in [5.74, 6) is -1.93. The Hall–Kier alpha value is -3.38. The van der Waals surface area contributed by atoms with Gasteiger partial charge in [-0.1, -0.05) is 9.83 Å². The van der Waals surface area contributed by atoms with Gasteiger partial charge in [0.05, 0.1) is 31.4 Å². The summed E-state index contributed by atoms with van der Waals surface area (Å²) in [6.45, 7) is 4.30. The number of carbonyl (C=O) groups excluding carboxylic acids is 3. The van der Waals surface area contributed by atoms with Crippen LogP contribution in [0, 0.1) is 0 Å². The maximum Gasteiger partial charge on any atom is 0.276 e. The molecule has 0 aromatic carbocycles. The summed E-state index contributed by atoms with van der Waals surface area (Å²) in [4.78, 5) is 51.3. The molecule has 2 amide bonds. The van der Waals surface area contributed by atoms with Crippen molar-refractivity contribution in [3.8, 4) is 0 Å². The van der Waals surface area contributed by atoms with Crippen LogP contribution in [0.25, 0.3) is 0 Å². The van der Waals surface area contributed by atoms with Crippen molar-refractivity contribution in [1.82, 2.24) is 20.1 Å². The second-order valence-electron chi connectivity index (χ2n) is 9.52. The first-order chi connectivity index (χ1) is 20.3. The fourth-order valence-corrected chi connectivity index (χ4v) is 7.79. The normalized spacial score (nSPS) is 21.2. The number of aromatic nitrogens is 2. The first kappa shape index (κ1) is 30.1. The van der Waals surface area contributed by atoms with Gasteiger partial charge in [0, 0.05) is 53.5 Å². The molecule has 0 spiro atoms. The lowest BCUT2D eigenvalue weighted by Crippen LogP contribution is -2.71. The van der Waals surface area contributed by atoms with Crippen molar-refractivity contribution in [2.75, 3.05) is 68.7 Å². The molecule has 14 nitrogen and oxygen atoms in total. The molecule has 0 bridgehead atoms. The number of pyridine rings is 1. The van der Waals surface area contributed by atoms with Crippen molar-refractivity contribution in [2.45, 2.75) is 16.3 Å². The summed E-state index contributed by atoms with van der Waals surface area (Å²) >= 11 is 3.98. The molecular weight excluding hydrogens is 605 g/mol. The van der Waals surface area contributed by atoms with Gasteiger partial charge in [0.15, 0.2) is 10.8 Å². The summed E-state index contributed by atoms with van der Waals surface area (Å²) in [6, 6.07) is 3.00. The maximum atomic E-state index is 13.1. The number of carboxylic acids is 1. The number of aliphatic carboxylic acids is 1. The number of amides is 2. The molecule has 2 aromatic heterocycles. The number of nitrogens with zero attached hydrogens (tertiary/aromatic N) is 6. The summed E-state index contributed by atoms with van der Waals surface area (Å²) in [6.07, 6.45) is 3.94. The number of carbonyl (C=O) groups is 3. The Morgan fingerprint density at radius 2 is 2.05 bits per heavy atom. The lowest BCUT2D eigenvalue weighted by atomic mass is 10.0. The van der Waals surface area contributed by atoms with E-state index in [0.717, 1.165) is 42.4 Å². The predicted octanol–water partition coefficient (Wildman–Crippen LogP) is -2.19. The molecule has 2 aromatic rings. The number of thioether (sulfide) groups is 2. The number of fused-ring (bicyclic) bond motifs is 1. The van der Waals surface area contributed by atoms with E-state index in [9.17, 15) is 19.5 Å². The van der Waals surface area contributed by atoms with E-state index >= 15 is 0 Å². The van der Waals surface area contributed by atoms with Gasteiger partial charge in [-0.25, -0.2) is 4.98 Å². The first-order valence-electron chi connectivity index (χ1n) is 13.0. The monoisotopic (exact) mass is 634 g/mol. The van der Waals surface area contributed by atoms with Crippen molar-refractivity contribution < 1.29 is 34.1 Å². The van der Waals surface area contributed by atoms with E-state index in [1.54, 1.807) is 5.38 Å². The van der Waals surface area contributed by atoms with Crippen LogP contribution in [0.3, 0.4) is 0 Å². The molecule has 42 heavy (non-hydrogen) atoms. The highest BCUT2D eigenvalue weighted by Crippen LogP contribution is 2.41. The van der Waals surface area contributed by atoms with Crippen LogP contribution in [0.2, 0.25) is 0 Å². The predicted molar refractivity (Wildman–Crippen MR) is 156 cm³/mol. The van der Waals surface area contributed by atoms with Crippen LogP contribution < -0.4 is 25.8 Å². The minimum absolute atomic E-state index is 0.140. The fraction of sp³-hybridized carbons (Fsp3) is 0.440. The molecule has 5 heterocycles. The average molecular weight is 635 g/mol. The number of hydrogen-bond acceptors (Lipinski definition) is 14. The maximum absolute atomic E-state index is 13.1. The third-order valence-corrected chi connectivity index (χ3v) is 10.1. The van der Waals surface area contributed by atoms with Crippen LogP contribution in [0.4, 0.5) is 5.13 Å². The van der Waals surface area contributed by atoms with E-state index in [4.69, 9.17) is 15.7 Å². The zero-order chi connectivity index (χ0) is 29.8. The third-order valence-electron chi connectivity index (χ3n) is 6.98. The van der Waals surface area contributed by atoms with Crippen LogP contribution in [0.15, 0.2) is 51.2 Å². The molecular formula is C25H30N8O6S3. The Kier molecular flexibility index (Phi) is 9.52. The molecule has 2 unspecified atom stereocenters. The van der Waals surface area contributed by atoms with Crippen LogP contribution in [-0.4, -0.2) is 113 Å². The second kappa shape index (κ2) is 13.3. The number of β-lactam (4-membered cyclic amide) rings is 1. The molecule has 4 N–H and O–H groups in total. The van der Waals surface area contributed by atoms with Crippen molar-refractivity contribution >= 4 is 63.5 Å². The quantitative estimate of drug-likeness (QED) is 0.0800. The summed E-state index contributed by atoms with van der Waals surface area (Å²) < 4.78 is 2.03. The number of anilines is 1. The minimum Gasteiger partial charge on any atom is -0.543 e. The van der Waals surface area contributed by atoms with Crippen molar-refractivity contribution in [3.63, 3.8) is 0 Å². The standard InChI is InChI=1S/C25H30N8O6S3/c1-39-29-18(17-14-42-25(26)27-17)21(35)28-19-22(36)33-20(24(37)38)15(13-41-23(19)33)12-40-16-2-4-31(5-3-16)32-8-6-30(7-9-32)10-11-34/h2-5,14,19,23,34H,6-13H2,1H3,(H3-,26,27,28,35,37,38). The molecule has 224 valence electrons. The number of rotatable bonds is 11. The van der Waals surface area contributed by atoms with Gasteiger partial charge in [0.25, 0.3) is 11.8 Å². The van der Waals surface area contributed by atoms with E-state index < -0.39 is 29.2 Å². The zero-order valence-electron chi connectivity index (χ0n) is 22.7. The molecule has 3 aliphatic heterocycles. The number of nitrogen functional groups attached to an aromatic ring is 1. The minimum atomic E-state index is -1.43. The van der Waals surface area contributed by atoms with Crippen molar-refractivity contribution in [2.24, 2.45) is 5.16 Å². The van der Waals surface area contributed by atoms with Gasteiger partial charge in [-0.05, 0) is 5.57 Å². The fourth-order valence-electron chi connectivity index (χ4n) is 4.88. The molecule has 17 heteroatoms. The summed E-state index contributed by atoms with van der Waals surface area (Å²) in [5.41, 5.74) is 6.17. The van der Waals surface area contributed by atoms with Crippen molar-refractivity contribution in [1.29, 1.82) is 0 Å². The topological polar surface area (TPSA) is 181 Å². The van der Waals surface area contributed by atoms with Crippen LogP contribution in [0.1, 0.15) is 5.69 Å². The van der Waals surface area contributed by atoms with Gasteiger partial charge >= 0.3 is 0 Å². The van der Waals surface area contributed by atoms with Gasteiger partial charge in [-0.3, -0.25) is 19.4 Å². The highest BCUT2D eigenvalue weighted by molar-refractivity contribution is 8.01. The lowest BCUT2D eigenvalue weighted by molar-refractivity contribution is -0.694. The number of carboxylic acid groups (broad SMARTS) is 1. The van der Waals surface area contributed by atoms with Gasteiger partial charge in [-0.2, -0.15) is 5.01 Å². The SMILES string of the molecule is CON=C(C(=O)NC1C(=O)N2C(C(=O)[O-])=C(CSc3cc[n+](N4CCN(CCO)CC4)cc3)CSC12)c1csc(N)n1. The number of oxime groups is 1. The number of nitrogens with two attached hydrogens (primary N) is 1. The molecule has 0 saturated carbocycles. The van der Waals surface area contributed by atoms with E-state index in [-0.39, 0.29) is 28.8 Å². The lowest BCUT2D eigenvalue weighted by Gasteiger charge is -2.50. The smallest absolute Gasteiger partial charge is 0.276 e. The highest BCUT2D eigenvalue weighted by Gasteiger charge is 2.53. The largest absolute Gasteiger partial charge is 0.543 e. The Labute approximate surface area is 254 Å². The number of aliphatic hydroxyl groups excluding tert-OH is 1. The van der Waals surface area contributed by atoms with Crippen LogP contribution in [0.5, 0.6) is 0 Å².